The topological polar surface area (TPSA) is 32.3 Å². The van der Waals surface area contributed by atoms with Gasteiger partial charge in [0.2, 0.25) is 5.91 Å². The largest absolute Gasteiger partial charge is 0.325 e. The van der Waals surface area contributed by atoms with Gasteiger partial charge in [-0.3, -0.25) is 10.1 Å². The third-order valence-corrected chi connectivity index (χ3v) is 3.09. The van der Waals surface area contributed by atoms with Crippen LogP contribution in [0.5, 0.6) is 0 Å². The van der Waals surface area contributed by atoms with E-state index >= 15 is 0 Å². The zero-order valence-electron chi connectivity index (χ0n) is 9.71. The van der Waals surface area contributed by atoms with Crippen LogP contribution in [0.2, 0.25) is 0 Å². The van der Waals surface area contributed by atoms with E-state index in [1.807, 2.05) is 4.90 Å². The van der Waals surface area contributed by atoms with Crippen molar-refractivity contribution < 1.29 is 4.79 Å². The van der Waals surface area contributed by atoms with E-state index in [-0.39, 0.29) is 11.9 Å². The van der Waals surface area contributed by atoms with Crippen molar-refractivity contribution in [2.24, 2.45) is 5.92 Å². The van der Waals surface area contributed by atoms with Gasteiger partial charge in [0.15, 0.2) is 0 Å². The zero-order valence-corrected chi connectivity index (χ0v) is 9.71. The van der Waals surface area contributed by atoms with Gasteiger partial charge in [-0.1, -0.05) is 27.7 Å². The summed E-state index contributed by atoms with van der Waals surface area (Å²) in [4.78, 5) is 13.9. The fourth-order valence-electron chi connectivity index (χ4n) is 2.23. The number of hydrogen-bond donors (Lipinski definition) is 1. The van der Waals surface area contributed by atoms with E-state index in [2.05, 4.69) is 33.0 Å². The van der Waals surface area contributed by atoms with Crippen molar-refractivity contribution in [3.05, 3.63) is 0 Å². The molecule has 2 atom stereocenters. The summed E-state index contributed by atoms with van der Waals surface area (Å²) in [6.45, 7) is 9.29. The molecule has 1 heterocycles. The molecule has 1 amide bonds. The Morgan fingerprint density at radius 1 is 1.50 bits per heavy atom. The molecule has 1 N–H and O–H groups in total. The molecule has 1 saturated heterocycles. The molecule has 0 aliphatic carbocycles. The Bertz CT molecular complexity index is 203. The normalized spacial score (nSPS) is 24.8. The van der Waals surface area contributed by atoms with E-state index in [0.717, 1.165) is 19.5 Å². The zero-order chi connectivity index (χ0) is 10.7. The number of hydrogen-bond acceptors (Lipinski definition) is 2. The van der Waals surface area contributed by atoms with Gasteiger partial charge in [-0.05, 0) is 18.8 Å². The second-order valence-corrected chi connectivity index (χ2v) is 4.35. The predicted octanol–water partition coefficient (Wildman–Crippen LogP) is 1.59. The highest BCUT2D eigenvalue weighted by atomic mass is 16.2. The summed E-state index contributed by atoms with van der Waals surface area (Å²) < 4.78 is 0. The summed E-state index contributed by atoms with van der Waals surface area (Å²) in [5, 5.41) is 3.25. The van der Waals surface area contributed by atoms with Gasteiger partial charge >= 0.3 is 0 Å². The van der Waals surface area contributed by atoms with Crippen molar-refractivity contribution in [1.82, 2.24) is 10.2 Å². The molecule has 1 fully saturated rings. The molecule has 1 aliphatic heterocycles. The van der Waals surface area contributed by atoms with Crippen molar-refractivity contribution in [2.75, 3.05) is 6.67 Å². The van der Waals surface area contributed by atoms with Crippen molar-refractivity contribution in [3.8, 4) is 0 Å². The number of nitrogens with zero attached hydrogens (tertiary/aromatic N) is 1. The maximum atomic E-state index is 11.9. The van der Waals surface area contributed by atoms with E-state index in [4.69, 9.17) is 0 Å². The summed E-state index contributed by atoms with van der Waals surface area (Å²) >= 11 is 0. The smallest absolute Gasteiger partial charge is 0.241 e. The summed E-state index contributed by atoms with van der Waals surface area (Å²) in [5.74, 6) is 0.828. The quantitative estimate of drug-likeness (QED) is 0.744. The van der Waals surface area contributed by atoms with Crippen LogP contribution < -0.4 is 5.32 Å². The molecule has 82 valence electrons. The average molecular weight is 198 g/mol. The SMILES string of the molecule is CCC1NCN(C(CC)C(C)C)C1=O. The number of amides is 1. The van der Waals surface area contributed by atoms with Crippen LogP contribution >= 0.6 is 0 Å². The lowest BCUT2D eigenvalue weighted by Crippen LogP contribution is -2.41. The van der Waals surface area contributed by atoms with Gasteiger partial charge in [0.05, 0.1) is 12.7 Å². The third-order valence-electron chi connectivity index (χ3n) is 3.09. The lowest BCUT2D eigenvalue weighted by Gasteiger charge is -2.29. The molecular weight excluding hydrogens is 176 g/mol. The second kappa shape index (κ2) is 4.78. The summed E-state index contributed by atoms with van der Waals surface area (Å²) in [5.41, 5.74) is 0. The molecule has 0 spiro atoms. The number of carbonyl (C=O) groups is 1. The molecule has 0 radical (unpaired) electrons. The maximum absolute atomic E-state index is 11.9. The lowest BCUT2D eigenvalue weighted by molar-refractivity contribution is -0.131. The molecule has 0 bridgehead atoms. The second-order valence-electron chi connectivity index (χ2n) is 4.35. The fraction of sp³-hybridized carbons (Fsp3) is 0.909. The minimum atomic E-state index is 0.0581. The van der Waals surface area contributed by atoms with Crippen LogP contribution in [0.1, 0.15) is 40.5 Å². The molecule has 3 heteroatoms. The first-order chi connectivity index (χ1) is 6.61. The van der Waals surface area contributed by atoms with Gasteiger partial charge in [-0.15, -0.1) is 0 Å². The van der Waals surface area contributed by atoms with Crippen LogP contribution in [0.4, 0.5) is 0 Å². The Hall–Kier alpha value is -0.570. The first-order valence-corrected chi connectivity index (χ1v) is 5.65. The Labute approximate surface area is 86.9 Å². The Kier molecular flexibility index (Phi) is 3.93. The van der Waals surface area contributed by atoms with Crippen molar-refractivity contribution >= 4 is 5.91 Å². The molecule has 0 aromatic rings. The van der Waals surface area contributed by atoms with Crippen molar-refractivity contribution in [2.45, 2.75) is 52.6 Å². The van der Waals surface area contributed by atoms with Crippen LogP contribution in [-0.4, -0.2) is 29.6 Å². The first-order valence-electron chi connectivity index (χ1n) is 5.65. The van der Waals surface area contributed by atoms with Gasteiger partial charge in [0.25, 0.3) is 0 Å². The van der Waals surface area contributed by atoms with Crippen molar-refractivity contribution in [3.63, 3.8) is 0 Å². The van der Waals surface area contributed by atoms with Gasteiger partial charge < -0.3 is 4.90 Å². The predicted molar refractivity (Wildman–Crippen MR) is 57.8 cm³/mol. The summed E-state index contributed by atoms with van der Waals surface area (Å²) in [6.07, 6.45) is 1.94. The lowest BCUT2D eigenvalue weighted by atomic mass is 10.00. The highest BCUT2D eigenvalue weighted by Gasteiger charge is 2.34. The number of carbonyl (C=O) groups excluding carboxylic acids is 1. The molecule has 1 aliphatic rings. The fourth-order valence-corrected chi connectivity index (χ4v) is 2.23. The maximum Gasteiger partial charge on any atom is 0.241 e. The minimum absolute atomic E-state index is 0.0581. The van der Waals surface area contributed by atoms with E-state index in [1.165, 1.54) is 0 Å². The molecule has 0 saturated carbocycles. The Morgan fingerprint density at radius 3 is 2.50 bits per heavy atom. The standard InChI is InChI=1S/C11H22N2O/c1-5-9-11(14)13(7-12-9)10(6-2)8(3)4/h8-10,12H,5-7H2,1-4H3. The minimum Gasteiger partial charge on any atom is -0.325 e. The molecule has 2 unspecified atom stereocenters. The van der Waals surface area contributed by atoms with E-state index in [0.29, 0.717) is 12.0 Å². The average Bonchev–Trinajstić information content (AvgIpc) is 2.49. The molecule has 0 aromatic carbocycles. The summed E-state index contributed by atoms with van der Waals surface area (Å²) in [7, 11) is 0. The van der Waals surface area contributed by atoms with Crippen LogP contribution in [0.25, 0.3) is 0 Å². The van der Waals surface area contributed by atoms with Gasteiger partial charge in [0, 0.05) is 6.04 Å². The monoisotopic (exact) mass is 198 g/mol. The van der Waals surface area contributed by atoms with Crippen LogP contribution in [0.15, 0.2) is 0 Å². The Balaban J connectivity index is 2.65. The number of rotatable bonds is 4. The van der Waals surface area contributed by atoms with Crippen LogP contribution in [0, 0.1) is 5.92 Å². The third kappa shape index (κ3) is 2.08. The van der Waals surface area contributed by atoms with Gasteiger partial charge in [-0.25, -0.2) is 0 Å². The highest BCUT2D eigenvalue weighted by Crippen LogP contribution is 2.18. The Morgan fingerprint density at radius 2 is 2.14 bits per heavy atom. The van der Waals surface area contributed by atoms with Gasteiger partial charge in [-0.2, -0.15) is 0 Å². The molecular formula is C11H22N2O. The van der Waals surface area contributed by atoms with E-state index in [9.17, 15) is 4.79 Å². The van der Waals surface area contributed by atoms with Gasteiger partial charge in [0.1, 0.15) is 0 Å². The highest BCUT2D eigenvalue weighted by molar-refractivity contribution is 5.84. The van der Waals surface area contributed by atoms with Crippen LogP contribution in [-0.2, 0) is 4.79 Å². The van der Waals surface area contributed by atoms with E-state index < -0.39 is 0 Å². The molecule has 0 aromatic heterocycles. The summed E-state index contributed by atoms with van der Waals surface area (Å²) in [6, 6.07) is 0.453. The van der Waals surface area contributed by atoms with Crippen LogP contribution in [0.3, 0.4) is 0 Å². The first kappa shape index (κ1) is 11.5. The molecule has 3 nitrogen and oxygen atoms in total. The molecule has 1 rings (SSSR count). The molecule has 14 heavy (non-hydrogen) atoms. The van der Waals surface area contributed by atoms with E-state index in [1.54, 1.807) is 0 Å². The van der Waals surface area contributed by atoms with Crippen molar-refractivity contribution in [1.29, 1.82) is 0 Å². The number of nitrogens with one attached hydrogen (secondary N) is 1.